The summed E-state index contributed by atoms with van der Waals surface area (Å²) in [5.41, 5.74) is 0.755. The summed E-state index contributed by atoms with van der Waals surface area (Å²) in [4.78, 5) is 27.6. The second-order valence-corrected chi connectivity index (χ2v) is 9.33. The maximum Gasteiger partial charge on any atom is 0.416 e. The van der Waals surface area contributed by atoms with E-state index in [9.17, 15) is 32.3 Å². The number of Topliss-reactive ketones (excluding diaryl/α,β-unsaturated/α-hetero) is 1. The molecule has 0 spiro atoms. The van der Waals surface area contributed by atoms with Gasteiger partial charge in [0.25, 0.3) is 11.7 Å². The fourth-order valence-corrected chi connectivity index (χ4v) is 4.60. The van der Waals surface area contributed by atoms with E-state index in [0.717, 1.165) is 46.9 Å². The molecule has 38 heavy (non-hydrogen) atoms. The summed E-state index contributed by atoms with van der Waals surface area (Å²) in [7, 11) is 1.52. The van der Waals surface area contributed by atoms with Crippen molar-refractivity contribution in [2.45, 2.75) is 38.9 Å². The number of aryl methyl sites for hydroxylation is 1. The number of nitrogens with zero attached hydrogens (tertiary/aromatic N) is 1. The summed E-state index contributed by atoms with van der Waals surface area (Å²) in [6, 6.07) is 10.9. The van der Waals surface area contributed by atoms with Crippen LogP contribution in [0.5, 0.6) is 5.75 Å². The van der Waals surface area contributed by atoms with Gasteiger partial charge >= 0.3 is 6.18 Å². The zero-order valence-electron chi connectivity index (χ0n) is 21.1. The van der Waals surface area contributed by atoms with E-state index < -0.39 is 41.0 Å². The lowest BCUT2D eigenvalue weighted by atomic mass is 9.91. The number of alkyl halides is 3. The SMILES string of the molecule is COc1cc(C)c(/C(O)=C2\C(=O)C(=O)N(c3ccc(C(F)(F)F)cc3)C2c2ccc(F)cc2)cc1C(C)C. The van der Waals surface area contributed by atoms with E-state index in [4.69, 9.17) is 4.74 Å². The minimum atomic E-state index is -4.59. The highest BCUT2D eigenvalue weighted by molar-refractivity contribution is 6.51. The normalized spacial score (nSPS) is 17.4. The number of aliphatic hydroxyl groups excluding tert-OH is 1. The number of halogens is 4. The third-order valence-corrected chi connectivity index (χ3v) is 6.56. The number of carbonyl (C=O) groups is 2. The van der Waals surface area contributed by atoms with E-state index in [2.05, 4.69) is 0 Å². The monoisotopic (exact) mass is 527 g/mol. The average molecular weight is 528 g/mol. The lowest BCUT2D eigenvalue weighted by molar-refractivity contribution is -0.137. The molecule has 1 fully saturated rings. The highest BCUT2D eigenvalue weighted by Gasteiger charge is 2.47. The molecule has 0 aromatic heterocycles. The van der Waals surface area contributed by atoms with Crippen molar-refractivity contribution in [1.82, 2.24) is 0 Å². The van der Waals surface area contributed by atoms with Crippen molar-refractivity contribution in [3.63, 3.8) is 0 Å². The Morgan fingerprint density at radius 1 is 1.00 bits per heavy atom. The molecule has 0 bridgehead atoms. The van der Waals surface area contributed by atoms with E-state index in [1.165, 1.54) is 19.2 Å². The number of rotatable bonds is 5. The zero-order chi connectivity index (χ0) is 27.9. The first-order valence-corrected chi connectivity index (χ1v) is 11.8. The first-order chi connectivity index (χ1) is 17.8. The van der Waals surface area contributed by atoms with Crippen LogP contribution in [0.4, 0.5) is 23.2 Å². The summed E-state index contributed by atoms with van der Waals surface area (Å²) in [5.74, 6) is -2.47. The highest BCUT2D eigenvalue weighted by atomic mass is 19.4. The fraction of sp³-hybridized carbons (Fsp3) is 0.241. The summed E-state index contributed by atoms with van der Waals surface area (Å²) < 4.78 is 58.6. The van der Waals surface area contributed by atoms with Gasteiger partial charge in [0.2, 0.25) is 0 Å². The predicted molar refractivity (Wildman–Crippen MR) is 134 cm³/mol. The highest BCUT2D eigenvalue weighted by Crippen LogP contribution is 2.44. The van der Waals surface area contributed by atoms with Crippen LogP contribution in [0.15, 0.2) is 66.2 Å². The maximum absolute atomic E-state index is 13.7. The molecule has 1 amide bonds. The molecule has 9 heteroatoms. The molecule has 1 N–H and O–H groups in total. The van der Waals surface area contributed by atoms with Crippen LogP contribution in [0.2, 0.25) is 0 Å². The Balaban J connectivity index is 1.95. The van der Waals surface area contributed by atoms with E-state index in [0.29, 0.717) is 22.4 Å². The second kappa shape index (κ2) is 9.96. The van der Waals surface area contributed by atoms with Crippen molar-refractivity contribution < 1.29 is 37.0 Å². The molecular formula is C29H25F4NO4. The largest absolute Gasteiger partial charge is 0.507 e. The molecule has 0 radical (unpaired) electrons. The van der Waals surface area contributed by atoms with Crippen molar-refractivity contribution >= 4 is 23.1 Å². The van der Waals surface area contributed by atoms with Crippen molar-refractivity contribution in [2.75, 3.05) is 12.0 Å². The number of methoxy groups -OCH3 is 1. The van der Waals surface area contributed by atoms with Crippen LogP contribution >= 0.6 is 0 Å². The van der Waals surface area contributed by atoms with E-state index >= 15 is 0 Å². The summed E-state index contributed by atoms with van der Waals surface area (Å²) in [6.45, 7) is 5.57. The lowest BCUT2D eigenvalue weighted by Gasteiger charge is -2.26. The van der Waals surface area contributed by atoms with Crippen LogP contribution < -0.4 is 9.64 Å². The zero-order valence-corrected chi connectivity index (χ0v) is 21.1. The van der Waals surface area contributed by atoms with Crippen LogP contribution in [0.3, 0.4) is 0 Å². The molecule has 1 aliphatic heterocycles. The van der Waals surface area contributed by atoms with E-state index in [1.54, 1.807) is 19.1 Å². The third-order valence-electron chi connectivity index (χ3n) is 6.56. The van der Waals surface area contributed by atoms with Crippen molar-refractivity contribution in [3.05, 3.63) is 99.9 Å². The number of anilines is 1. The number of aliphatic hydroxyl groups is 1. The molecule has 1 saturated heterocycles. The third kappa shape index (κ3) is 4.76. The first-order valence-electron chi connectivity index (χ1n) is 11.8. The smallest absolute Gasteiger partial charge is 0.416 e. The summed E-state index contributed by atoms with van der Waals surface area (Å²) >= 11 is 0. The maximum atomic E-state index is 13.7. The van der Waals surface area contributed by atoms with Gasteiger partial charge < -0.3 is 9.84 Å². The molecule has 1 atom stereocenters. The van der Waals surface area contributed by atoms with Crippen molar-refractivity contribution in [1.29, 1.82) is 0 Å². The topological polar surface area (TPSA) is 66.8 Å². The number of amides is 1. The minimum Gasteiger partial charge on any atom is -0.507 e. The standard InChI is InChI=1S/C29H25F4NO4/c1-15(2)21-14-22(16(3)13-23(21)38-4)26(35)24-25(17-5-9-19(30)10-6-17)34(28(37)27(24)36)20-11-7-18(8-12-20)29(31,32)33/h5-15,25,35H,1-4H3/b26-24+. The van der Waals surface area contributed by atoms with Gasteiger partial charge in [-0.2, -0.15) is 13.2 Å². The van der Waals surface area contributed by atoms with Gasteiger partial charge in [0.15, 0.2) is 0 Å². The average Bonchev–Trinajstić information content (AvgIpc) is 3.13. The van der Waals surface area contributed by atoms with Gasteiger partial charge in [0, 0.05) is 11.3 Å². The van der Waals surface area contributed by atoms with Crippen LogP contribution in [0.1, 0.15) is 53.6 Å². The quantitative estimate of drug-likeness (QED) is 0.169. The van der Waals surface area contributed by atoms with Gasteiger partial charge in [-0.1, -0.05) is 26.0 Å². The molecule has 5 nitrogen and oxygen atoms in total. The van der Waals surface area contributed by atoms with Gasteiger partial charge in [-0.3, -0.25) is 14.5 Å². The molecule has 198 valence electrons. The van der Waals surface area contributed by atoms with Gasteiger partial charge in [-0.15, -0.1) is 0 Å². The van der Waals surface area contributed by atoms with Gasteiger partial charge in [-0.05, 0) is 78.1 Å². The molecule has 3 aromatic rings. The number of carbonyl (C=O) groups excluding carboxylic acids is 2. The predicted octanol–water partition coefficient (Wildman–Crippen LogP) is 6.91. The van der Waals surface area contributed by atoms with Gasteiger partial charge in [0.1, 0.15) is 17.3 Å². The molecule has 0 saturated carbocycles. The molecule has 1 unspecified atom stereocenters. The number of ketones is 1. The molecule has 1 heterocycles. The summed E-state index contributed by atoms with van der Waals surface area (Å²) in [6.07, 6.45) is -4.59. The molecule has 3 aromatic carbocycles. The van der Waals surface area contributed by atoms with Crippen LogP contribution in [0, 0.1) is 12.7 Å². The molecule has 0 aliphatic carbocycles. The second-order valence-electron chi connectivity index (χ2n) is 9.33. The van der Waals surface area contributed by atoms with Crippen LogP contribution in [0.25, 0.3) is 5.76 Å². The first kappa shape index (κ1) is 26.9. The lowest BCUT2D eigenvalue weighted by Crippen LogP contribution is -2.29. The Morgan fingerprint density at radius 3 is 2.13 bits per heavy atom. The fourth-order valence-electron chi connectivity index (χ4n) is 4.60. The molecule has 4 rings (SSSR count). The molecule has 1 aliphatic rings. The minimum absolute atomic E-state index is 0.000414. The van der Waals surface area contributed by atoms with Crippen LogP contribution in [-0.2, 0) is 15.8 Å². The van der Waals surface area contributed by atoms with Crippen molar-refractivity contribution in [3.8, 4) is 5.75 Å². The Hall–Kier alpha value is -4.14. The van der Waals surface area contributed by atoms with E-state index in [-0.39, 0.29) is 17.2 Å². The number of ether oxygens (including phenoxy) is 1. The summed E-state index contributed by atoms with van der Waals surface area (Å²) in [5, 5.41) is 11.5. The van der Waals surface area contributed by atoms with Crippen molar-refractivity contribution in [2.24, 2.45) is 0 Å². The van der Waals surface area contributed by atoms with E-state index in [1.807, 2.05) is 13.8 Å². The number of hydrogen-bond donors (Lipinski definition) is 1. The molecular weight excluding hydrogens is 502 g/mol. The Bertz CT molecular complexity index is 1420. The van der Waals surface area contributed by atoms with Gasteiger partial charge in [0.05, 0.1) is 24.3 Å². The number of benzene rings is 3. The van der Waals surface area contributed by atoms with Crippen LogP contribution in [-0.4, -0.2) is 23.9 Å². The number of hydrogen-bond acceptors (Lipinski definition) is 4. The Kier molecular flexibility index (Phi) is 7.06. The van der Waals surface area contributed by atoms with Gasteiger partial charge in [-0.25, -0.2) is 4.39 Å². The Labute approximate surface area is 217 Å². The Morgan fingerprint density at radius 2 is 1.61 bits per heavy atom.